The molecule has 0 amide bonds. The van der Waals surface area contributed by atoms with Crippen LogP contribution in [0.3, 0.4) is 0 Å². The molecule has 0 aromatic heterocycles. The van der Waals surface area contributed by atoms with Crippen molar-refractivity contribution < 1.29 is 14.3 Å². The summed E-state index contributed by atoms with van der Waals surface area (Å²) in [6.07, 6.45) is 0. The lowest BCUT2D eigenvalue weighted by Crippen LogP contribution is -2.14. The Bertz CT molecular complexity index is 639. The molecule has 0 heterocycles. The lowest BCUT2D eigenvalue weighted by Gasteiger charge is -2.04. The van der Waals surface area contributed by atoms with Crippen LogP contribution in [-0.2, 0) is 18.1 Å². The summed E-state index contributed by atoms with van der Waals surface area (Å²) in [5, 5.41) is 12.7. The first kappa shape index (κ1) is 15.0. The van der Waals surface area contributed by atoms with Gasteiger partial charge in [0.25, 0.3) is 0 Å². The largest absolute Gasteiger partial charge is 0.392 e. The zero-order valence-corrected chi connectivity index (χ0v) is 11.7. The molecule has 4 nitrogen and oxygen atoms in total. The van der Waals surface area contributed by atoms with Gasteiger partial charge in [-0.2, -0.15) is 0 Å². The molecule has 0 unspecified atom stereocenters. The summed E-state index contributed by atoms with van der Waals surface area (Å²) in [5.41, 5.74) is 8.51. The number of aliphatic hydroxyl groups is 1. The van der Waals surface area contributed by atoms with Crippen LogP contribution < -0.4 is 5.73 Å². The van der Waals surface area contributed by atoms with E-state index in [2.05, 4.69) is 5.16 Å². The van der Waals surface area contributed by atoms with E-state index < -0.39 is 0 Å². The van der Waals surface area contributed by atoms with E-state index in [0.717, 1.165) is 11.1 Å². The molecule has 0 spiro atoms. The second kappa shape index (κ2) is 6.85. The molecule has 0 bridgehead atoms. The van der Waals surface area contributed by atoms with Gasteiger partial charge in [0.15, 0.2) is 5.84 Å². The topological polar surface area (TPSA) is 67.8 Å². The van der Waals surface area contributed by atoms with E-state index >= 15 is 0 Å². The normalized spacial score (nSPS) is 11.5. The SMILES string of the molecule is Cc1ccc(/C(N)=N/OCc2ccc(CO)cc2)cc1F. The fraction of sp³-hybridized carbons (Fsp3) is 0.188. The van der Waals surface area contributed by atoms with Gasteiger partial charge in [0.2, 0.25) is 0 Å². The minimum Gasteiger partial charge on any atom is -0.392 e. The van der Waals surface area contributed by atoms with E-state index in [1.807, 2.05) is 12.1 Å². The molecule has 21 heavy (non-hydrogen) atoms. The monoisotopic (exact) mass is 288 g/mol. The highest BCUT2D eigenvalue weighted by molar-refractivity contribution is 5.97. The van der Waals surface area contributed by atoms with Crippen molar-refractivity contribution in [2.75, 3.05) is 0 Å². The number of aliphatic hydroxyl groups excluding tert-OH is 1. The van der Waals surface area contributed by atoms with Crippen LogP contribution in [0.2, 0.25) is 0 Å². The van der Waals surface area contributed by atoms with Crippen molar-refractivity contribution in [3.05, 3.63) is 70.5 Å². The highest BCUT2D eigenvalue weighted by Gasteiger charge is 2.03. The molecular weight excluding hydrogens is 271 g/mol. The molecule has 0 radical (unpaired) electrons. The van der Waals surface area contributed by atoms with E-state index in [0.29, 0.717) is 11.1 Å². The van der Waals surface area contributed by atoms with Gasteiger partial charge in [0.05, 0.1) is 6.61 Å². The number of oxime groups is 1. The molecule has 0 saturated heterocycles. The Morgan fingerprint density at radius 1 is 1.19 bits per heavy atom. The molecule has 0 aliphatic rings. The fourth-order valence-corrected chi connectivity index (χ4v) is 1.72. The van der Waals surface area contributed by atoms with Gasteiger partial charge in [-0.15, -0.1) is 0 Å². The number of amidine groups is 1. The van der Waals surface area contributed by atoms with Crippen LogP contribution >= 0.6 is 0 Å². The summed E-state index contributed by atoms with van der Waals surface area (Å²) >= 11 is 0. The van der Waals surface area contributed by atoms with Crippen molar-refractivity contribution >= 4 is 5.84 Å². The molecular formula is C16H17FN2O2. The minimum absolute atomic E-state index is 0.00518. The maximum atomic E-state index is 13.4. The number of hydrogen-bond donors (Lipinski definition) is 2. The Hall–Kier alpha value is -2.40. The number of rotatable bonds is 5. The lowest BCUT2D eigenvalue weighted by molar-refractivity contribution is 0.130. The highest BCUT2D eigenvalue weighted by Crippen LogP contribution is 2.10. The van der Waals surface area contributed by atoms with Crippen molar-refractivity contribution in [1.29, 1.82) is 0 Å². The standard InChI is InChI=1S/C16H17FN2O2/c1-11-2-7-14(8-15(11)17)16(18)19-21-10-13-5-3-12(9-20)4-6-13/h2-8,20H,9-10H2,1H3,(H2,18,19). The second-order valence-corrected chi connectivity index (χ2v) is 4.69. The molecule has 0 atom stereocenters. The zero-order chi connectivity index (χ0) is 15.2. The second-order valence-electron chi connectivity index (χ2n) is 4.69. The van der Waals surface area contributed by atoms with E-state index in [1.54, 1.807) is 31.2 Å². The quantitative estimate of drug-likeness (QED) is 0.504. The van der Waals surface area contributed by atoms with Crippen molar-refractivity contribution in [1.82, 2.24) is 0 Å². The van der Waals surface area contributed by atoms with Crippen LogP contribution in [-0.4, -0.2) is 10.9 Å². The van der Waals surface area contributed by atoms with Crippen LogP contribution in [0.5, 0.6) is 0 Å². The summed E-state index contributed by atoms with van der Waals surface area (Å²) in [5.74, 6) is -0.203. The van der Waals surface area contributed by atoms with E-state index in [4.69, 9.17) is 15.7 Å². The summed E-state index contributed by atoms with van der Waals surface area (Å²) in [6.45, 7) is 1.94. The minimum atomic E-state index is -0.328. The van der Waals surface area contributed by atoms with Crippen molar-refractivity contribution in [2.45, 2.75) is 20.1 Å². The molecule has 2 rings (SSSR count). The number of halogens is 1. The molecule has 0 fully saturated rings. The fourth-order valence-electron chi connectivity index (χ4n) is 1.72. The predicted molar refractivity (Wildman–Crippen MR) is 79.0 cm³/mol. The third kappa shape index (κ3) is 4.03. The summed E-state index contributed by atoms with van der Waals surface area (Å²) in [6, 6.07) is 11.9. The first-order valence-corrected chi connectivity index (χ1v) is 6.51. The molecule has 2 aromatic rings. The molecule has 0 aliphatic heterocycles. The Labute approximate surface area is 122 Å². The first-order chi connectivity index (χ1) is 10.1. The number of aryl methyl sites for hydroxylation is 1. The molecule has 0 saturated carbocycles. The van der Waals surface area contributed by atoms with Crippen LogP contribution in [0.15, 0.2) is 47.6 Å². The zero-order valence-electron chi connectivity index (χ0n) is 11.7. The molecule has 110 valence electrons. The van der Waals surface area contributed by atoms with Crippen molar-refractivity contribution in [3.63, 3.8) is 0 Å². The highest BCUT2D eigenvalue weighted by atomic mass is 19.1. The maximum absolute atomic E-state index is 13.4. The summed E-state index contributed by atoms with van der Waals surface area (Å²) < 4.78 is 13.4. The van der Waals surface area contributed by atoms with E-state index in [-0.39, 0.29) is 24.9 Å². The van der Waals surface area contributed by atoms with Crippen LogP contribution in [0.25, 0.3) is 0 Å². The Kier molecular flexibility index (Phi) is 4.90. The van der Waals surface area contributed by atoms with Gasteiger partial charge >= 0.3 is 0 Å². The average molecular weight is 288 g/mol. The van der Waals surface area contributed by atoms with E-state index in [9.17, 15) is 4.39 Å². The predicted octanol–water partition coefficient (Wildman–Crippen LogP) is 2.46. The molecule has 2 aromatic carbocycles. The number of nitrogens with two attached hydrogens (primary N) is 1. The number of hydrogen-bond acceptors (Lipinski definition) is 3. The smallest absolute Gasteiger partial charge is 0.170 e. The molecule has 0 aliphatic carbocycles. The van der Waals surface area contributed by atoms with Crippen molar-refractivity contribution in [2.24, 2.45) is 10.9 Å². The summed E-state index contributed by atoms with van der Waals surface area (Å²) in [4.78, 5) is 5.16. The van der Waals surface area contributed by atoms with E-state index in [1.165, 1.54) is 6.07 Å². The molecule has 5 heteroatoms. The van der Waals surface area contributed by atoms with Crippen molar-refractivity contribution in [3.8, 4) is 0 Å². The lowest BCUT2D eigenvalue weighted by atomic mass is 10.1. The van der Waals surface area contributed by atoms with Gasteiger partial charge in [-0.05, 0) is 29.7 Å². The first-order valence-electron chi connectivity index (χ1n) is 6.51. The molecule has 3 N–H and O–H groups in total. The Morgan fingerprint density at radius 2 is 1.86 bits per heavy atom. The Morgan fingerprint density at radius 3 is 2.48 bits per heavy atom. The van der Waals surface area contributed by atoms with Gasteiger partial charge in [-0.3, -0.25) is 0 Å². The maximum Gasteiger partial charge on any atom is 0.170 e. The average Bonchev–Trinajstić information content (AvgIpc) is 2.50. The van der Waals surface area contributed by atoms with Gasteiger partial charge in [-0.25, -0.2) is 4.39 Å². The van der Waals surface area contributed by atoms with Gasteiger partial charge in [0.1, 0.15) is 12.4 Å². The van der Waals surface area contributed by atoms with Crippen LogP contribution in [0.4, 0.5) is 4.39 Å². The third-order valence-corrected chi connectivity index (χ3v) is 3.07. The van der Waals surface area contributed by atoms with Crippen LogP contribution in [0, 0.1) is 12.7 Å². The third-order valence-electron chi connectivity index (χ3n) is 3.07. The summed E-state index contributed by atoms with van der Waals surface area (Å²) in [7, 11) is 0. The van der Waals surface area contributed by atoms with Crippen LogP contribution in [0.1, 0.15) is 22.3 Å². The van der Waals surface area contributed by atoms with Gasteiger partial charge < -0.3 is 15.7 Å². The Balaban J connectivity index is 1.97. The van der Waals surface area contributed by atoms with Gasteiger partial charge in [0, 0.05) is 5.56 Å². The van der Waals surface area contributed by atoms with Gasteiger partial charge in [-0.1, -0.05) is 41.6 Å². The number of benzene rings is 2. The number of nitrogens with zero attached hydrogens (tertiary/aromatic N) is 1.